The monoisotopic (exact) mass is 337 g/mol. The van der Waals surface area contributed by atoms with E-state index in [0.717, 1.165) is 63.5 Å². The van der Waals surface area contributed by atoms with Gasteiger partial charge in [0, 0.05) is 44.6 Å². The molecule has 1 saturated carbocycles. The Bertz CT molecular complexity index is 534. The highest BCUT2D eigenvalue weighted by atomic mass is 32.1. The van der Waals surface area contributed by atoms with Gasteiger partial charge in [-0.05, 0) is 25.7 Å². The lowest BCUT2D eigenvalue weighted by molar-refractivity contribution is -0.142. The number of rotatable bonds is 4. The van der Waals surface area contributed by atoms with Crippen molar-refractivity contribution in [2.75, 3.05) is 52.5 Å². The maximum Gasteiger partial charge on any atom is 0.117 e. The van der Waals surface area contributed by atoms with Crippen LogP contribution in [0.4, 0.5) is 0 Å². The summed E-state index contributed by atoms with van der Waals surface area (Å²) in [6.07, 6.45) is 2.83. The van der Waals surface area contributed by atoms with Crippen molar-refractivity contribution in [2.45, 2.75) is 31.9 Å². The molecule has 2 aliphatic heterocycles. The van der Waals surface area contributed by atoms with E-state index in [0.29, 0.717) is 0 Å². The fraction of sp³-hybridized carbons (Fsp3) is 0.824. The molecule has 1 aromatic heterocycles. The summed E-state index contributed by atoms with van der Waals surface area (Å²) in [7, 11) is 0. The number of thiazole rings is 1. The highest BCUT2D eigenvalue weighted by Gasteiger charge is 2.41. The fourth-order valence-corrected chi connectivity index (χ4v) is 4.36. The lowest BCUT2D eigenvalue weighted by Crippen LogP contribution is -2.58. The molecule has 0 unspecified atom stereocenters. The molecule has 0 radical (unpaired) electrons. The first-order valence-corrected chi connectivity index (χ1v) is 9.66. The smallest absolute Gasteiger partial charge is 0.117 e. The molecule has 3 aliphatic rings. The van der Waals surface area contributed by atoms with Crippen molar-refractivity contribution in [1.82, 2.24) is 14.8 Å². The second-order valence-electron chi connectivity index (χ2n) is 7.33. The molecule has 4 rings (SSSR count). The quantitative estimate of drug-likeness (QED) is 0.837. The minimum Gasteiger partial charge on any atom is -0.377 e. The van der Waals surface area contributed by atoms with Gasteiger partial charge in [-0.1, -0.05) is 0 Å². The van der Waals surface area contributed by atoms with Gasteiger partial charge in [-0.25, -0.2) is 4.98 Å². The second kappa shape index (κ2) is 6.76. The number of ether oxygens (including phenoxy) is 2. The van der Waals surface area contributed by atoms with Gasteiger partial charge in [0.15, 0.2) is 0 Å². The van der Waals surface area contributed by atoms with E-state index < -0.39 is 0 Å². The predicted octanol–water partition coefficient (Wildman–Crippen LogP) is 1.76. The summed E-state index contributed by atoms with van der Waals surface area (Å²) in [6.45, 7) is 10.6. The minimum atomic E-state index is -0.158. The number of nitrogens with zero attached hydrogens (tertiary/aromatic N) is 3. The average molecular weight is 337 g/mol. The van der Waals surface area contributed by atoms with E-state index in [4.69, 9.17) is 9.47 Å². The number of aromatic nitrogens is 1. The Labute approximate surface area is 142 Å². The first-order chi connectivity index (χ1) is 11.2. The zero-order valence-corrected chi connectivity index (χ0v) is 14.8. The summed E-state index contributed by atoms with van der Waals surface area (Å²) in [5, 5.41) is 3.32. The summed E-state index contributed by atoms with van der Waals surface area (Å²) in [4.78, 5) is 9.68. The number of morpholine rings is 1. The van der Waals surface area contributed by atoms with Gasteiger partial charge in [-0.3, -0.25) is 9.80 Å². The lowest BCUT2D eigenvalue weighted by Gasteiger charge is -2.43. The van der Waals surface area contributed by atoms with E-state index in [1.54, 1.807) is 11.3 Å². The van der Waals surface area contributed by atoms with E-state index in [9.17, 15) is 0 Å². The number of hydrogen-bond donors (Lipinski definition) is 0. The molecule has 0 bridgehead atoms. The third-order valence-corrected chi connectivity index (χ3v) is 5.84. The summed E-state index contributed by atoms with van der Waals surface area (Å²) < 4.78 is 12.2. The van der Waals surface area contributed by atoms with Gasteiger partial charge in [0.1, 0.15) is 5.60 Å². The average Bonchev–Trinajstić information content (AvgIpc) is 3.27. The second-order valence-corrected chi connectivity index (χ2v) is 8.39. The number of aryl methyl sites for hydroxylation is 1. The van der Waals surface area contributed by atoms with Crippen LogP contribution in [0.2, 0.25) is 0 Å². The molecule has 3 fully saturated rings. The summed E-state index contributed by atoms with van der Waals surface area (Å²) in [5.41, 5.74) is 1.02. The van der Waals surface area contributed by atoms with Gasteiger partial charge < -0.3 is 9.47 Å². The summed E-state index contributed by atoms with van der Waals surface area (Å²) in [5.74, 6) is 0.936. The zero-order chi connectivity index (χ0) is 15.7. The van der Waals surface area contributed by atoms with E-state index in [-0.39, 0.29) is 5.60 Å². The fourth-order valence-electron chi connectivity index (χ4n) is 3.76. The molecule has 6 heteroatoms. The van der Waals surface area contributed by atoms with Gasteiger partial charge >= 0.3 is 0 Å². The summed E-state index contributed by atoms with van der Waals surface area (Å²) in [6, 6.07) is 0. The van der Waals surface area contributed by atoms with E-state index in [1.807, 2.05) is 0 Å². The largest absolute Gasteiger partial charge is 0.377 e. The first-order valence-electron chi connectivity index (χ1n) is 8.78. The van der Waals surface area contributed by atoms with Crippen LogP contribution < -0.4 is 0 Å². The Morgan fingerprint density at radius 2 is 2.09 bits per heavy atom. The molecule has 1 atom stereocenters. The molecule has 23 heavy (non-hydrogen) atoms. The predicted molar refractivity (Wildman–Crippen MR) is 90.8 cm³/mol. The van der Waals surface area contributed by atoms with Crippen molar-refractivity contribution in [3.8, 4) is 0 Å². The highest BCUT2D eigenvalue weighted by molar-refractivity contribution is 7.09. The highest BCUT2D eigenvalue weighted by Crippen LogP contribution is 2.32. The molecule has 3 heterocycles. The van der Waals surface area contributed by atoms with Gasteiger partial charge in [0.05, 0.1) is 30.5 Å². The zero-order valence-electron chi connectivity index (χ0n) is 14.0. The van der Waals surface area contributed by atoms with Crippen LogP contribution in [0.25, 0.3) is 0 Å². The molecular formula is C17H27N3O2S. The Morgan fingerprint density at radius 3 is 2.87 bits per heavy atom. The van der Waals surface area contributed by atoms with Gasteiger partial charge in [0.2, 0.25) is 0 Å². The summed E-state index contributed by atoms with van der Waals surface area (Å²) >= 11 is 1.73. The maximum absolute atomic E-state index is 6.27. The van der Waals surface area contributed by atoms with Crippen molar-refractivity contribution in [3.63, 3.8) is 0 Å². The van der Waals surface area contributed by atoms with Crippen LogP contribution in [-0.2, 0) is 16.0 Å². The molecular weight excluding hydrogens is 310 g/mol. The molecule has 1 aliphatic carbocycles. The van der Waals surface area contributed by atoms with Crippen LogP contribution in [-0.4, -0.2) is 72.9 Å². The van der Waals surface area contributed by atoms with Gasteiger partial charge in [-0.15, -0.1) is 11.3 Å². The minimum absolute atomic E-state index is 0.158. The molecule has 128 valence electrons. The Kier molecular flexibility index (Phi) is 4.70. The van der Waals surface area contributed by atoms with Crippen molar-refractivity contribution >= 4 is 11.3 Å². The molecule has 0 amide bonds. The SMILES string of the molecule is Cc1nc(CN2CCOC[C@@]3(C2)CN(CC2CC2)CCO3)cs1. The third-order valence-electron chi connectivity index (χ3n) is 5.02. The van der Waals surface area contributed by atoms with E-state index in [1.165, 1.54) is 25.1 Å². The Hall–Kier alpha value is -0.530. The van der Waals surface area contributed by atoms with Crippen molar-refractivity contribution < 1.29 is 9.47 Å². The van der Waals surface area contributed by atoms with Gasteiger partial charge in [-0.2, -0.15) is 0 Å². The van der Waals surface area contributed by atoms with Crippen LogP contribution in [0.3, 0.4) is 0 Å². The molecule has 5 nitrogen and oxygen atoms in total. The standard InChI is InChI=1S/C17H27N3O2S/c1-14-18-16(10-23-14)9-20-4-6-21-13-17(12-20)11-19(5-7-22-17)8-15-2-3-15/h10,15H,2-9,11-13H2,1H3/t17-/m0/s1. The Balaban J connectivity index is 1.41. The topological polar surface area (TPSA) is 37.8 Å². The van der Waals surface area contributed by atoms with Crippen molar-refractivity contribution in [3.05, 3.63) is 16.1 Å². The number of hydrogen-bond acceptors (Lipinski definition) is 6. The van der Waals surface area contributed by atoms with Crippen molar-refractivity contribution in [2.24, 2.45) is 5.92 Å². The Morgan fingerprint density at radius 1 is 1.26 bits per heavy atom. The third kappa shape index (κ3) is 4.12. The molecule has 0 aromatic carbocycles. The van der Waals surface area contributed by atoms with Crippen LogP contribution >= 0.6 is 11.3 Å². The first kappa shape index (κ1) is 16.0. The van der Waals surface area contributed by atoms with Crippen LogP contribution in [0, 0.1) is 12.8 Å². The van der Waals surface area contributed by atoms with Crippen LogP contribution in [0.1, 0.15) is 23.5 Å². The lowest BCUT2D eigenvalue weighted by atomic mass is 10.0. The van der Waals surface area contributed by atoms with Crippen LogP contribution in [0.15, 0.2) is 5.38 Å². The normalized spacial score (nSPS) is 30.7. The molecule has 1 aromatic rings. The molecule has 1 spiro atoms. The van der Waals surface area contributed by atoms with E-state index in [2.05, 4.69) is 27.1 Å². The van der Waals surface area contributed by atoms with E-state index >= 15 is 0 Å². The van der Waals surface area contributed by atoms with Crippen molar-refractivity contribution in [1.29, 1.82) is 0 Å². The molecule has 2 saturated heterocycles. The van der Waals surface area contributed by atoms with Gasteiger partial charge in [0.25, 0.3) is 0 Å². The van der Waals surface area contributed by atoms with Crippen LogP contribution in [0.5, 0.6) is 0 Å². The maximum atomic E-state index is 6.27. The molecule has 0 N–H and O–H groups in total.